The predicted molar refractivity (Wildman–Crippen MR) is 98.8 cm³/mol. The monoisotopic (exact) mass is 340 g/mol. The highest BCUT2D eigenvalue weighted by atomic mass is 16.5. The minimum absolute atomic E-state index is 0.0663. The van der Waals surface area contributed by atoms with E-state index in [9.17, 15) is 9.59 Å². The zero-order chi connectivity index (χ0) is 18.2. The SMILES string of the molecule is CC[C@@H](C)NC(=O)c1ccccc1NC(=O)[C@H](C)Oc1ccccc1. The van der Waals surface area contributed by atoms with Crippen LogP contribution in [0.25, 0.3) is 0 Å². The summed E-state index contributed by atoms with van der Waals surface area (Å²) in [5, 5.41) is 5.69. The summed E-state index contributed by atoms with van der Waals surface area (Å²) in [6.45, 7) is 5.61. The molecule has 0 radical (unpaired) electrons. The fourth-order valence-electron chi connectivity index (χ4n) is 2.18. The van der Waals surface area contributed by atoms with E-state index in [0.29, 0.717) is 17.0 Å². The molecule has 2 amide bonds. The zero-order valence-electron chi connectivity index (χ0n) is 14.8. The highest BCUT2D eigenvalue weighted by Crippen LogP contribution is 2.17. The third-order valence-corrected chi connectivity index (χ3v) is 3.84. The van der Waals surface area contributed by atoms with E-state index < -0.39 is 6.10 Å². The van der Waals surface area contributed by atoms with Gasteiger partial charge in [-0.15, -0.1) is 0 Å². The van der Waals surface area contributed by atoms with Crippen molar-refractivity contribution in [1.29, 1.82) is 0 Å². The van der Waals surface area contributed by atoms with Crippen molar-refractivity contribution in [2.75, 3.05) is 5.32 Å². The Labute approximate surface area is 148 Å². The van der Waals surface area contributed by atoms with Crippen LogP contribution in [0, 0.1) is 0 Å². The molecule has 2 atom stereocenters. The zero-order valence-corrected chi connectivity index (χ0v) is 14.8. The summed E-state index contributed by atoms with van der Waals surface area (Å²) in [5.74, 6) is 0.0995. The lowest BCUT2D eigenvalue weighted by Gasteiger charge is -2.17. The second-order valence-electron chi connectivity index (χ2n) is 5.89. The third kappa shape index (κ3) is 5.35. The maximum Gasteiger partial charge on any atom is 0.265 e. The van der Waals surface area contributed by atoms with Crippen molar-refractivity contribution in [3.05, 3.63) is 60.2 Å². The highest BCUT2D eigenvalue weighted by Gasteiger charge is 2.19. The first kappa shape index (κ1) is 18.5. The molecular weight excluding hydrogens is 316 g/mol. The maximum atomic E-state index is 12.4. The molecule has 2 N–H and O–H groups in total. The normalized spacial score (nSPS) is 12.8. The van der Waals surface area contributed by atoms with E-state index >= 15 is 0 Å². The van der Waals surface area contributed by atoms with E-state index in [1.165, 1.54) is 0 Å². The van der Waals surface area contributed by atoms with Crippen molar-refractivity contribution in [2.24, 2.45) is 0 Å². The van der Waals surface area contributed by atoms with Gasteiger partial charge in [-0.2, -0.15) is 0 Å². The summed E-state index contributed by atoms with van der Waals surface area (Å²) >= 11 is 0. The number of hydrogen-bond donors (Lipinski definition) is 2. The third-order valence-electron chi connectivity index (χ3n) is 3.84. The van der Waals surface area contributed by atoms with E-state index in [1.54, 1.807) is 43.3 Å². The minimum atomic E-state index is -0.687. The number of carbonyl (C=O) groups excluding carboxylic acids is 2. The van der Waals surface area contributed by atoms with E-state index in [-0.39, 0.29) is 17.9 Å². The Balaban J connectivity index is 2.06. The molecule has 0 spiro atoms. The van der Waals surface area contributed by atoms with Crippen LogP contribution in [0.15, 0.2) is 54.6 Å². The summed E-state index contributed by atoms with van der Waals surface area (Å²) in [4.78, 5) is 24.8. The molecule has 0 aliphatic heterocycles. The Hall–Kier alpha value is -2.82. The summed E-state index contributed by atoms with van der Waals surface area (Å²) in [5.41, 5.74) is 0.903. The lowest BCUT2D eigenvalue weighted by Crippen LogP contribution is -2.34. The molecule has 0 saturated carbocycles. The second kappa shape index (κ2) is 8.87. The summed E-state index contributed by atoms with van der Waals surface area (Å²) in [6.07, 6.45) is 0.149. The number of carbonyl (C=O) groups is 2. The van der Waals surface area contributed by atoms with Crippen LogP contribution in [0.1, 0.15) is 37.6 Å². The number of anilines is 1. The maximum absolute atomic E-state index is 12.4. The van der Waals surface area contributed by atoms with Crippen molar-refractivity contribution in [1.82, 2.24) is 5.32 Å². The number of benzene rings is 2. The van der Waals surface area contributed by atoms with Gasteiger partial charge in [0.15, 0.2) is 6.10 Å². The molecule has 25 heavy (non-hydrogen) atoms. The van der Waals surface area contributed by atoms with Crippen LogP contribution < -0.4 is 15.4 Å². The van der Waals surface area contributed by atoms with Crippen LogP contribution in [-0.4, -0.2) is 24.0 Å². The first-order chi connectivity index (χ1) is 12.0. The summed E-state index contributed by atoms with van der Waals surface area (Å²) in [7, 11) is 0. The molecule has 2 rings (SSSR count). The van der Waals surface area contributed by atoms with Crippen LogP contribution in [0.2, 0.25) is 0 Å². The molecule has 0 heterocycles. The predicted octanol–water partition coefficient (Wildman–Crippen LogP) is 3.62. The number of amides is 2. The van der Waals surface area contributed by atoms with Crippen LogP contribution in [-0.2, 0) is 4.79 Å². The largest absolute Gasteiger partial charge is 0.481 e. The molecule has 0 aliphatic rings. The molecule has 0 saturated heterocycles. The van der Waals surface area contributed by atoms with Gasteiger partial charge in [0, 0.05) is 6.04 Å². The van der Waals surface area contributed by atoms with E-state index in [2.05, 4.69) is 10.6 Å². The lowest BCUT2D eigenvalue weighted by molar-refractivity contribution is -0.122. The molecule has 0 aromatic heterocycles. The van der Waals surface area contributed by atoms with Gasteiger partial charge in [0.2, 0.25) is 0 Å². The van der Waals surface area contributed by atoms with Crippen molar-refractivity contribution in [3.63, 3.8) is 0 Å². The number of para-hydroxylation sites is 2. The molecule has 0 unspecified atom stereocenters. The Morgan fingerprint density at radius 3 is 2.32 bits per heavy atom. The van der Waals surface area contributed by atoms with Gasteiger partial charge in [-0.05, 0) is 44.5 Å². The Bertz CT molecular complexity index is 716. The molecule has 0 fully saturated rings. The first-order valence-corrected chi connectivity index (χ1v) is 8.43. The van der Waals surface area contributed by atoms with Gasteiger partial charge in [0.05, 0.1) is 11.3 Å². The van der Waals surface area contributed by atoms with Gasteiger partial charge >= 0.3 is 0 Å². The van der Waals surface area contributed by atoms with Gasteiger partial charge < -0.3 is 15.4 Å². The highest BCUT2D eigenvalue weighted by molar-refractivity contribution is 6.04. The summed E-state index contributed by atoms with van der Waals surface area (Å²) < 4.78 is 5.62. The van der Waals surface area contributed by atoms with Gasteiger partial charge in [-0.25, -0.2) is 0 Å². The van der Waals surface area contributed by atoms with Crippen molar-refractivity contribution < 1.29 is 14.3 Å². The lowest BCUT2D eigenvalue weighted by atomic mass is 10.1. The van der Waals surface area contributed by atoms with Gasteiger partial charge in [0.25, 0.3) is 11.8 Å². The molecule has 0 bridgehead atoms. The first-order valence-electron chi connectivity index (χ1n) is 8.43. The van der Waals surface area contributed by atoms with E-state index in [0.717, 1.165) is 6.42 Å². The molecule has 0 aliphatic carbocycles. The van der Waals surface area contributed by atoms with Crippen molar-refractivity contribution in [2.45, 2.75) is 39.3 Å². The number of nitrogens with one attached hydrogen (secondary N) is 2. The molecule has 132 valence electrons. The van der Waals surface area contributed by atoms with Gasteiger partial charge in [0.1, 0.15) is 5.75 Å². The van der Waals surface area contributed by atoms with Crippen molar-refractivity contribution >= 4 is 17.5 Å². The fourth-order valence-corrected chi connectivity index (χ4v) is 2.18. The minimum Gasteiger partial charge on any atom is -0.481 e. The average Bonchev–Trinajstić information content (AvgIpc) is 2.62. The summed E-state index contributed by atoms with van der Waals surface area (Å²) in [6, 6.07) is 16.1. The number of hydrogen-bond acceptors (Lipinski definition) is 3. The van der Waals surface area contributed by atoms with E-state index in [4.69, 9.17) is 4.74 Å². The standard InChI is InChI=1S/C20H24N2O3/c1-4-14(2)21-20(24)17-12-8-9-13-18(17)22-19(23)15(3)25-16-10-6-5-7-11-16/h5-15H,4H2,1-3H3,(H,21,24)(H,22,23)/t14-,15+/m1/s1. The Morgan fingerprint density at radius 2 is 1.64 bits per heavy atom. The smallest absolute Gasteiger partial charge is 0.265 e. The number of ether oxygens (including phenoxy) is 1. The Morgan fingerprint density at radius 1 is 1.00 bits per heavy atom. The molecular formula is C20H24N2O3. The molecule has 2 aromatic carbocycles. The molecule has 2 aromatic rings. The number of rotatable bonds is 7. The van der Waals surface area contributed by atoms with E-state index in [1.807, 2.05) is 32.0 Å². The van der Waals surface area contributed by atoms with Crippen LogP contribution >= 0.6 is 0 Å². The average molecular weight is 340 g/mol. The van der Waals surface area contributed by atoms with Gasteiger partial charge in [-0.3, -0.25) is 9.59 Å². The molecule has 5 nitrogen and oxygen atoms in total. The van der Waals surface area contributed by atoms with Crippen LogP contribution in [0.4, 0.5) is 5.69 Å². The quantitative estimate of drug-likeness (QED) is 0.809. The topological polar surface area (TPSA) is 67.4 Å². The Kier molecular flexibility index (Phi) is 6.57. The van der Waals surface area contributed by atoms with Gasteiger partial charge in [-0.1, -0.05) is 37.3 Å². The molecule has 5 heteroatoms. The fraction of sp³-hybridized carbons (Fsp3) is 0.300. The van der Waals surface area contributed by atoms with Crippen LogP contribution in [0.3, 0.4) is 0 Å². The second-order valence-corrected chi connectivity index (χ2v) is 5.89. The van der Waals surface area contributed by atoms with Crippen LogP contribution in [0.5, 0.6) is 5.75 Å². The van der Waals surface area contributed by atoms with Crippen molar-refractivity contribution in [3.8, 4) is 5.75 Å².